The molecule has 150 heavy (non-hydrogen) atoms. The number of hydrogen-bond donors (Lipinski definition) is 25. The summed E-state index contributed by atoms with van der Waals surface area (Å²) in [5.41, 5.74) is 30.0. The van der Waals surface area contributed by atoms with Crippen molar-refractivity contribution in [2.45, 2.75) is 338 Å². The Hall–Kier alpha value is -14.4. The maximum Gasteiger partial charge on any atom is 0.315 e. The van der Waals surface area contributed by atoms with Crippen molar-refractivity contribution in [2.24, 2.45) is 52.2 Å². The van der Waals surface area contributed by atoms with Gasteiger partial charge in [-0.15, -0.1) is 0 Å². The largest absolute Gasteiger partial charge is 0.386 e. The Morgan fingerprint density at radius 1 is 0.307 bits per heavy atom. The highest BCUT2D eigenvalue weighted by Gasteiger charge is 2.51. The van der Waals surface area contributed by atoms with Crippen LogP contribution in [0.2, 0.25) is 0 Å². The van der Waals surface area contributed by atoms with Crippen LogP contribution < -0.4 is 135 Å². The van der Waals surface area contributed by atoms with Crippen molar-refractivity contribution >= 4 is 94.6 Å². The molecule has 0 bridgehead atoms. The fourth-order valence-corrected chi connectivity index (χ4v) is 17.9. The molecule has 0 saturated heterocycles. The summed E-state index contributed by atoms with van der Waals surface area (Å²) in [6.45, 7) is 37.0. The monoisotopic (exact) mass is 2090 g/mol. The SMILES string of the molecule is C=C(N)NCCC[C@H](NC(=O)C(CC)(CC)NC(=O)C(C)C)C(=O)NC1(C(=O)NC(c2ccccc2)c2ccccc2)CCCC1.C=C(N)NCCC[C@H](NC(=O)C(CC)(CC)NC(=O)C(C)C)C(=O)NC1(C(N)=O)CCCC1.C=C(N)NCCC[C@H](NC(=O)C1(NC(=O)C(C)C)CCC1)C(=O)NC1(C(=O)NC(c2ccccc2)c2ccccc2)CCCC1.C=C(N)NCCC[C@H](NC(=O)[C@H](C)NC(=O)NC)C(=O)N[C@@H](C)C(N)=O. The van der Waals surface area contributed by atoms with Gasteiger partial charge in [-0.25, -0.2) is 4.79 Å². The lowest BCUT2D eigenvalue weighted by molar-refractivity contribution is -0.141. The molecule has 41 nitrogen and oxygen atoms in total. The summed E-state index contributed by atoms with van der Waals surface area (Å²) in [6.07, 6.45) is 14.1. The van der Waals surface area contributed by atoms with Crippen LogP contribution in [0.3, 0.4) is 0 Å². The van der Waals surface area contributed by atoms with Crippen molar-refractivity contribution in [3.63, 3.8) is 0 Å². The van der Waals surface area contributed by atoms with Crippen molar-refractivity contribution < 1.29 is 76.7 Å². The van der Waals surface area contributed by atoms with Crippen LogP contribution in [0.15, 0.2) is 171 Å². The lowest BCUT2D eigenvalue weighted by Crippen LogP contribution is -2.67. The summed E-state index contributed by atoms with van der Waals surface area (Å²) in [7, 11) is 1.42. The van der Waals surface area contributed by atoms with Gasteiger partial charge in [0.05, 0.1) is 35.4 Å². The molecule has 31 N–H and O–H groups in total. The predicted molar refractivity (Wildman–Crippen MR) is 579 cm³/mol. The van der Waals surface area contributed by atoms with Crippen LogP contribution in [-0.2, 0) is 71.9 Å². The maximum absolute atomic E-state index is 14.2. The van der Waals surface area contributed by atoms with Crippen LogP contribution in [0.4, 0.5) is 4.79 Å². The fraction of sp³-hybridized carbons (Fsp3) is 0.560. The normalized spacial score (nSPS) is 15.5. The lowest BCUT2D eigenvalue weighted by Gasteiger charge is -2.42. The Kier molecular flexibility index (Phi) is 52.2. The molecule has 4 fully saturated rings. The topological polar surface area (TPSA) is 658 Å². The number of rotatable bonds is 57. The van der Waals surface area contributed by atoms with Gasteiger partial charge in [0.2, 0.25) is 88.6 Å². The van der Waals surface area contributed by atoms with E-state index in [-0.39, 0.29) is 66.0 Å². The van der Waals surface area contributed by atoms with Gasteiger partial charge in [0, 0.05) is 51.0 Å². The van der Waals surface area contributed by atoms with Gasteiger partial charge in [-0.05, 0) is 171 Å². The van der Waals surface area contributed by atoms with E-state index in [4.69, 9.17) is 34.4 Å². The highest BCUT2D eigenvalue weighted by molar-refractivity contribution is 6.01. The van der Waals surface area contributed by atoms with E-state index in [1.54, 1.807) is 41.5 Å². The van der Waals surface area contributed by atoms with E-state index in [0.29, 0.717) is 165 Å². The first-order chi connectivity index (χ1) is 71.0. The predicted octanol–water partition coefficient (Wildman–Crippen LogP) is 5.33. The maximum atomic E-state index is 14.2. The van der Waals surface area contributed by atoms with E-state index in [1.165, 1.54) is 20.9 Å². The second-order valence-corrected chi connectivity index (χ2v) is 40.2. The number of amides is 17. The molecule has 4 aromatic rings. The lowest BCUT2D eigenvalue weighted by atomic mass is 9.75. The van der Waals surface area contributed by atoms with Gasteiger partial charge in [-0.3, -0.25) is 71.9 Å². The molecule has 17 amide bonds. The van der Waals surface area contributed by atoms with Crippen LogP contribution in [0.5, 0.6) is 0 Å². The molecule has 828 valence electrons. The molecule has 4 saturated carbocycles. The molecule has 0 unspecified atom stereocenters. The average Bonchev–Trinajstić information content (AvgIpc) is 1.49. The van der Waals surface area contributed by atoms with Crippen LogP contribution in [0.25, 0.3) is 0 Å². The molecule has 0 heterocycles. The highest BCUT2D eigenvalue weighted by Crippen LogP contribution is 2.37. The summed E-state index contributed by atoms with van der Waals surface area (Å²) in [5, 5.41) is 54.2. The number of benzene rings is 4. The number of hydrogen-bond acceptors (Lipinski definition) is 24. The van der Waals surface area contributed by atoms with Crippen molar-refractivity contribution in [3.05, 3.63) is 193 Å². The minimum atomic E-state index is -1.18. The number of carbonyl (C=O) groups excluding carboxylic acids is 16. The van der Waals surface area contributed by atoms with E-state index >= 15 is 0 Å². The molecular weight excluding hydrogens is 1920 g/mol. The molecule has 4 aromatic carbocycles. The van der Waals surface area contributed by atoms with Crippen LogP contribution in [-0.4, -0.2) is 197 Å². The van der Waals surface area contributed by atoms with Crippen molar-refractivity contribution in [1.82, 2.24) is 101 Å². The summed E-state index contributed by atoms with van der Waals surface area (Å²) in [4.78, 5) is 207. The van der Waals surface area contributed by atoms with Crippen molar-refractivity contribution in [1.29, 1.82) is 0 Å². The molecule has 4 aliphatic rings. The molecule has 0 aromatic heterocycles. The minimum Gasteiger partial charge on any atom is -0.386 e. The van der Waals surface area contributed by atoms with E-state index in [9.17, 15) is 76.7 Å². The Morgan fingerprint density at radius 2 is 0.573 bits per heavy atom. The first-order valence-electron chi connectivity index (χ1n) is 52.6. The zero-order valence-corrected chi connectivity index (χ0v) is 90.1. The zero-order chi connectivity index (χ0) is 112. The quantitative estimate of drug-likeness (QED) is 0.0248. The van der Waals surface area contributed by atoms with Gasteiger partial charge in [0.25, 0.3) is 0 Å². The standard InChI is InChI=1S/C36H52N6O4.C35H48N6O4.C23H42N6O4.C15H29N7O4/c1-6-35(7-2,41-31(43)25(3)4)33(45)39-29(21-16-24-38-26(5)37)32(44)42-36(22-14-15-23-36)34(46)40-30(27-17-10-8-11-18-27)28-19-12-9-13-20-28;1-24(2)30(42)40-35(21-13-22-35)32(44)38-28(18-12-23-37-25(3)36)31(43)41-34(19-10-11-20-34)33(45)39-29(26-14-6-4-7-15-26)27-16-8-5-9-17-27;1-6-22(7-2,28-18(30)15(3)4)21(33)27-17(11-10-14-26-16(5)24)19(31)29-23(20(25)32)12-8-9-13-23;1-8(12(17)23)20-14(25)11(6-5-7-19-10(3)16)22-13(24)9(2)21-15(26)18-4/h8-13,17-20,25,29-30,38H,5-7,14-16,21-24,37H2,1-4H3,(H,39,45)(H,40,46)(H,41,43)(H,42,44);4-9,14-17,24,28-29,37H,3,10-13,18-23,36H2,1-2H3,(H,38,44)(H,39,45)(H,40,42)(H,41,43);15,17,26H,5-14,24H2,1-4H3,(H2,25,32)(H,27,33)(H,28,30)(H,29,31);8-9,11,19H,3,5-7,16H2,1-2,4H3,(H2,17,23)(H,20,25)(H,22,24)(H2,18,21,26)/t29-;28-;17-;8-,9-,11-/m0000/s1. The third-order valence-electron chi connectivity index (χ3n) is 27.8. The third-order valence-corrected chi connectivity index (χ3v) is 27.8. The third kappa shape index (κ3) is 39.2. The number of carbonyl (C=O) groups is 16. The van der Waals surface area contributed by atoms with Crippen LogP contribution in [0.1, 0.15) is 291 Å². The smallest absolute Gasteiger partial charge is 0.315 e. The van der Waals surface area contributed by atoms with Crippen LogP contribution in [0, 0.1) is 17.8 Å². The van der Waals surface area contributed by atoms with E-state index in [0.717, 1.165) is 67.2 Å². The molecule has 0 spiro atoms. The summed E-state index contributed by atoms with van der Waals surface area (Å²) >= 11 is 0. The van der Waals surface area contributed by atoms with E-state index < -0.39 is 141 Å². The molecule has 8 rings (SSSR count). The molecule has 6 atom stereocenters. The van der Waals surface area contributed by atoms with Gasteiger partial charge in [-0.1, -0.05) is 255 Å². The number of nitrogens with two attached hydrogens (primary N) is 6. The number of urea groups is 1. The molecule has 0 radical (unpaired) electrons. The Morgan fingerprint density at radius 3 is 0.833 bits per heavy atom. The van der Waals surface area contributed by atoms with E-state index in [2.05, 4.69) is 127 Å². The van der Waals surface area contributed by atoms with Gasteiger partial charge in [-0.2, -0.15) is 0 Å². The zero-order valence-electron chi connectivity index (χ0n) is 90.1. The summed E-state index contributed by atoms with van der Waals surface area (Å²) < 4.78 is 0. The fourth-order valence-electron chi connectivity index (χ4n) is 17.9. The van der Waals surface area contributed by atoms with Gasteiger partial charge in [0.1, 0.15) is 69.5 Å². The van der Waals surface area contributed by atoms with Crippen LogP contribution >= 0.6 is 0 Å². The second-order valence-electron chi connectivity index (χ2n) is 40.2. The number of primary amides is 2. The molecule has 4 aliphatic carbocycles. The summed E-state index contributed by atoms with van der Waals surface area (Å²) in [6, 6.07) is 32.2. The Labute approximate surface area is 884 Å². The first kappa shape index (κ1) is 126. The second kappa shape index (κ2) is 62.1. The Bertz CT molecular complexity index is 5050. The number of nitrogens with one attached hydrogen (secondary N) is 19. The van der Waals surface area contributed by atoms with Gasteiger partial charge in [0.15, 0.2) is 0 Å². The van der Waals surface area contributed by atoms with Crippen molar-refractivity contribution in [2.75, 3.05) is 33.2 Å². The molecule has 0 aliphatic heterocycles. The first-order valence-corrected chi connectivity index (χ1v) is 52.6. The van der Waals surface area contributed by atoms with E-state index in [1.807, 2.05) is 149 Å². The minimum absolute atomic E-state index is 0.204. The highest BCUT2D eigenvalue weighted by atomic mass is 16.2. The van der Waals surface area contributed by atoms with Crippen molar-refractivity contribution in [3.8, 4) is 0 Å². The Balaban J connectivity index is 0.000000360. The van der Waals surface area contributed by atoms with Gasteiger partial charge >= 0.3 is 6.03 Å². The molecule has 41 heteroatoms. The molecular formula is C109H171N25O16. The van der Waals surface area contributed by atoms with Gasteiger partial charge < -0.3 is 135 Å². The summed E-state index contributed by atoms with van der Waals surface area (Å²) in [5.74, 6) is -5.77. The average molecular weight is 2090 g/mol.